The Kier molecular flexibility index (Phi) is 4.40. The summed E-state index contributed by atoms with van der Waals surface area (Å²) in [6.07, 6.45) is 0.962. The Morgan fingerprint density at radius 3 is 2.81 bits per heavy atom. The van der Waals surface area contributed by atoms with Crippen molar-refractivity contribution in [1.82, 2.24) is 4.90 Å². The maximum atomic E-state index is 13.8. The molecule has 1 amide bonds. The van der Waals surface area contributed by atoms with Gasteiger partial charge in [0.15, 0.2) is 0 Å². The molecule has 0 radical (unpaired) electrons. The van der Waals surface area contributed by atoms with Crippen molar-refractivity contribution >= 4 is 11.8 Å². The Balaban J connectivity index is 2.05. The zero-order chi connectivity index (χ0) is 15.6. The van der Waals surface area contributed by atoms with Gasteiger partial charge < -0.3 is 15.0 Å². The van der Waals surface area contributed by atoms with Crippen LogP contribution in [0.15, 0.2) is 18.2 Å². The third-order valence-electron chi connectivity index (χ3n) is 3.60. The first-order valence-electron chi connectivity index (χ1n) is 7.25. The van der Waals surface area contributed by atoms with Crippen molar-refractivity contribution in [3.8, 4) is 0 Å². The van der Waals surface area contributed by atoms with E-state index in [1.807, 2.05) is 26.8 Å². The number of halogens is 1. The van der Waals surface area contributed by atoms with Gasteiger partial charge in [-0.05, 0) is 45.7 Å². The number of carbonyl (C=O) groups is 1. The first kappa shape index (κ1) is 15.6. The van der Waals surface area contributed by atoms with Crippen molar-refractivity contribution in [3.05, 3.63) is 29.6 Å². The van der Waals surface area contributed by atoms with Gasteiger partial charge in [-0.2, -0.15) is 0 Å². The number of nitrogens with one attached hydrogen (secondary N) is 1. The second kappa shape index (κ2) is 5.92. The fourth-order valence-corrected chi connectivity index (χ4v) is 2.43. The van der Waals surface area contributed by atoms with Gasteiger partial charge >= 0.3 is 6.09 Å². The van der Waals surface area contributed by atoms with Crippen molar-refractivity contribution in [1.29, 1.82) is 0 Å². The van der Waals surface area contributed by atoms with Crippen molar-refractivity contribution in [2.45, 2.75) is 45.3 Å². The van der Waals surface area contributed by atoms with Crippen molar-refractivity contribution in [2.75, 3.05) is 18.9 Å². The monoisotopic (exact) mass is 294 g/mol. The van der Waals surface area contributed by atoms with Crippen LogP contribution in [0.3, 0.4) is 0 Å². The molecule has 0 aliphatic carbocycles. The molecule has 116 valence electrons. The molecule has 4 nitrogen and oxygen atoms in total. The summed E-state index contributed by atoms with van der Waals surface area (Å²) in [5, 5.41) is 3.23. The number of likely N-dealkylation sites (N-methyl/N-ethyl adjacent to an activating group) is 1. The van der Waals surface area contributed by atoms with Crippen LogP contribution in [0.25, 0.3) is 0 Å². The molecule has 0 saturated carbocycles. The standard InChI is InChI=1S/C16H23FN2O2/c1-16(2,3)21-15(20)19(4)11-8-9-12-13(17)6-5-7-14(12)18-10-11/h5-7,11,18H,8-10H2,1-4H3. The normalized spacial score (nSPS) is 18.2. The lowest BCUT2D eigenvalue weighted by Gasteiger charge is -2.30. The van der Waals surface area contributed by atoms with E-state index in [2.05, 4.69) is 5.32 Å². The Morgan fingerprint density at radius 1 is 1.43 bits per heavy atom. The molecule has 1 aliphatic rings. The van der Waals surface area contributed by atoms with Crippen LogP contribution in [0.4, 0.5) is 14.9 Å². The summed E-state index contributed by atoms with van der Waals surface area (Å²) in [5.74, 6) is -0.194. The summed E-state index contributed by atoms with van der Waals surface area (Å²) in [5.41, 5.74) is 0.992. The average Bonchev–Trinajstić information content (AvgIpc) is 2.59. The Hall–Kier alpha value is -1.78. The van der Waals surface area contributed by atoms with Crippen LogP contribution in [0, 0.1) is 5.82 Å². The number of fused-ring (bicyclic) bond motifs is 1. The van der Waals surface area contributed by atoms with E-state index < -0.39 is 5.60 Å². The fraction of sp³-hybridized carbons (Fsp3) is 0.562. The highest BCUT2D eigenvalue weighted by Gasteiger charge is 2.27. The maximum Gasteiger partial charge on any atom is 0.410 e. The molecular weight excluding hydrogens is 271 g/mol. The third kappa shape index (κ3) is 3.86. The van der Waals surface area contributed by atoms with Crippen molar-refractivity contribution < 1.29 is 13.9 Å². The molecule has 0 fully saturated rings. The second-order valence-electron chi connectivity index (χ2n) is 6.43. The van der Waals surface area contributed by atoms with Crippen molar-refractivity contribution in [3.63, 3.8) is 0 Å². The Morgan fingerprint density at radius 2 is 2.14 bits per heavy atom. The van der Waals surface area contributed by atoms with Crippen LogP contribution in [-0.2, 0) is 11.2 Å². The Labute approximate surface area is 125 Å². The smallest absolute Gasteiger partial charge is 0.410 e. The van der Waals surface area contributed by atoms with Gasteiger partial charge in [-0.25, -0.2) is 9.18 Å². The third-order valence-corrected chi connectivity index (χ3v) is 3.60. The Bertz CT molecular complexity index is 525. The summed E-state index contributed by atoms with van der Waals surface area (Å²) in [4.78, 5) is 13.7. The van der Waals surface area contributed by atoms with Gasteiger partial charge in [0.25, 0.3) is 0 Å². The zero-order valence-corrected chi connectivity index (χ0v) is 13.1. The number of ether oxygens (including phenoxy) is 1. The van der Waals surface area contributed by atoms with E-state index in [4.69, 9.17) is 4.74 Å². The van der Waals surface area contributed by atoms with Crippen molar-refractivity contribution in [2.24, 2.45) is 0 Å². The molecule has 1 atom stereocenters. The molecule has 0 bridgehead atoms. The highest BCUT2D eigenvalue weighted by Crippen LogP contribution is 2.25. The predicted octanol–water partition coefficient (Wildman–Crippen LogP) is 3.42. The first-order chi connectivity index (χ1) is 9.78. The van der Waals surface area contributed by atoms with Crippen LogP contribution >= 0.6 is 0 Å². The SMILES string of the molecule is CN(C(=O)OC(C)(C)C)C1CCc2c(F)cccc2NC1. The van der Waals surface area contributed by atoms with Crippen LogP contribution in [0.5, 0.6) is 0 Å². The zero-order valence-electron chi connectivity index (χ0n) is 13.1. The maximum absolute atomic E-state index is 13.8. The number of anilines is 1. The largest absolute Gasteiger partial charge is 0.444 e. The van der Waals surface area contributed by atoms with Gasteiger partial charge in [-0.15, -0.1) is 0 Å². The van der Waals surface area contributed by atoms with E-state index in [1.165, 1.54) is 6.07 Å². The quantitative estimate of drug-likeness (QED) is 0.863. The summed E-state index contributed by atoms with van der Waals surface area (Å²) < 4.78 is 19.2. The van der Waals surface area contributed by atoms with E-state index >= 15 is 0 Å². The summed E-state index contributed by atoms with van der Waals surface area (Å²) >= 11 is 0. The molecular formula is C16H23FN2O2. The second-order valence-corrected chi connectivity index (χ2v) is 6.43. The van der Waals surface area contributed by atoms with Gasteiger partial charge in [-0.1, -0.05) is 6.07 Å². The number of carbonyl (C=O) groups excluding carboxylic acids is 1. The van der Waals surface area contributed by atoms with E-state index in [9.17, 15) is 9.18 Å². The number of benzene rings is 1. The lowest BCUT2D eigenvalue weighted by molar-refractivity contribution is 0.0226. The van der Waals surface area contributed by atoms with Gasteiger partial charge in [-0.3, -0.25) is 0 Å². The molecule has 1 unspecified atom stereocenters. The predicted molar refractivity (Wildman–Crippen MR) is 81.0 cm³/mol. The van der Waals surface area contributed by atoms with E-state index in [1.54, 1.807) is 18.0 Å². The number of rotatable bonds is 1. The number of nitrogens with zero attached hydrogens (tertiary/aromatic N) is 1. The highest BCUT2D eigenvalue weighted by molar-refractivity contribution is 5.68. The molecule has 1 N–H and O–H groups in total. The van der Waals surface area contributed by atoms with E-state index in [0.29, 0.717) is 24.9 Å². The molecule has 0 saturated heterocycles. The fourth-order valence-electron chi connectivity index (χ4n) is 2.43. The lowest BCUT2D eigenvalue weighted by atomic mass is 10.1. The first-order valence-corrected chi connectivity index (χ1v) is 7.25. The molecule has 1 aromatic carbocycles. The molecule has 21 heavy (non-hydrogen) atoms. The van der Waals surface area contributed by atoms with Crippen LogP contribution in [0.2, 0.25) is 0 Å². The van der Waals surface area contributed by atoms with Gasteiger partial charge in [0, 0.05) is 24.8 Å². The van der Waals surface area contributed by atoms with Gasteiger partial charge in [0.1, 0.15) is 11.4 Å². The summed E-state index contributed by atoms with van der Waals surface area (Å²) in [6, 6.07) is 5.01. The van der Waals surface area contributed by atoms with Gasteiger partial charge in [0.2, 0.25) is 0 Å². The molecule has 1 aliphatic heterocycles. The average molecular weight is 294 g/mol. The number of hydrogen-bond donors (Lipinski definition) is 1. The molecule has 5 heteroatoms. The topological polar surface area (TPSA) is 41.6 Å². The van der Waals surface area contributed by atoms with E-state index in [-0.39, 0.29) is 18.0 Å². The summed E-state index contributed by atoms with van der Waals surface area (Å²) in [6.45, 7) is 6.12. The van der Waals surface area contributed by atoms with Gasteiger partial charge in [0.05, 0.1) is 6.04 Å². The molecule has 1 aromatic rings. The lowest BCUT2D eigenvalue weighted by Crippen LogP contribution is -2.43. The molecule has 0 spiro atoms. The minimum atomic E-state index is -0.515. The minimum Gasteiger partial charge on any atom is -0.444 e. The molecule has 1 heterocycles. The number of hydrogen-bond acceptors (Lipinski definition) is 3. The summed E-state index contributed by atoms with van der Waals surface area (Å²) in [7, 11) is 1.73. The van der Waals surface area contributed by atoms with E-state index in [0.717, 1.165) is 5.69 Å². The van der Waals surface area contributed by atoms with Crippen LogP contribution in [-0.4, -0.2) is 36.2 Å². The molecule has 2 rings (SSSR count). The number of amides is 1. The molecule has 0 aromatic heterocycles. The van der Waals surface area contributed by atoms with Crippen LogP contribution < -0.4 is 5.32 Å². The minimum absolute atomic E-state index is 0.0216. The highest BCUT2D eigenvalue weighted by atomic mass is 19.1. The van der Waals surface area contributed by atoms with Crippen LogP contribution in [0.1, 0.15) is 32.8 Å².